The van der Waals surface area contributed by atoms with Crippen molar-refractivity contribution in [3.8, 4) is 5.75 Å². The molecule has 0 aliphatic heterocycles. The molecule has 0 amide bonds. The van der Waals surface area contributed by atoms with Crippen molar-refractivity contribution in [1.82, 2.24) is 0 Å². The van der Waals surface area contributed by atoms with Crippen LogP contribution < -0.4 is 10.5 Å². The van der Waals surface area contributed by atoms with Crippen molar-refractivity contribution in [3.63, 3.8) is 0 Å². The Balaban J connectivity index is 0.00000162. The van der Waals surface area contributed by atoms with E-state index in [9.17, 15) is 9.50 Å². The first-order valence-corrected chi connectivity index (χ1v) is 5.91. The Morgan fingerprint density at radius 1 is 1.44 bits per heavy atom. The van der Waals surface area contributed by atoms with Crippen LogP contribution in [0.1, 0.15) is 30.9 Å². The number of halogens is 2. The summed E-state index contributed by atoms with van der Waals surface area (Å²) in [5.74, 6) is -0.102. The van der Waals surface area contributed by atoms with Gasteiger partial charge in [0.1, 0.15) is 0 Å². The molecule has 102 valence electrons. The quantitative estimate of drug-likeness (QED) is 0.887. The van der Waals surface area contributed by atoms with Gasteiger partial charge in [-0.1, -0.05) is 18.6 Å². The Bertz CT molecular complexity index is 399. The number of aliphatic hydroxyl groups is 1. The van der Waals surface area contributed by atoms with E-state index >= 15 is 0 Å². The van der Waals surface area contributed by atoms with E-state index in [2.05, 4.69) is 0 Å². The molecular formula is C13H19ClFNO2. The molecule has 1 fully saturated rings. The van der Waals surface area contributed by atoms with Gasteiger partial charge in [0.05, 0.1) is 19.3 Å². The third-order valence-corrected chi connectivity index (χ3v) is 3.57. The smallest absolute Gasteiger partial charge is 0.169 e. The van der Waals surface area contributed by atoms with Crippen LogP contribution in [0.5, 0.6) is 5.75 Å². The van der Waals surface area contributed by atoms with Crippen molar-refractivity contribution in [2.75, 3.05) is 7.11 Å². The fourth-order valence-corrected chi connectivity index (χ4v) is 2.20. The molecule has 0 aromatic heterocycles. The van der Waals surface area contributed by atoms with E-state index in [4.69, 9.17) is 10.5 Å². The second-order valence-corrected chi connectivity index (χ2v) is 4.57. The van der Waals surface area contributed by atoms with Crippen LogP contribution in [0.25, 0.3) is 0 Å². The average Bonchev–Trinajstić information content (AvgIpc) is 2.26. The summed E-state index contributed by atoms with van der Waals surface area (Å²) in [6.07, 6.45) is 2.39. The molecule has 18 heavy (non-hydrogen) atoms. The van der Waals surface area contributed by atoms with Crippen molar-refractivity contribution >= 4 is 12.4 Å². The van der Waals surface area contributed by atoms with E-state index in [1.54, 1.807) is 18.2 Å². The van der Waals surface area contributed by atoms with Gasteiger partial charge in [-0.3, -0.25) is 0 Å². The van der Waals surface area contributed by atoms with Crippen molar-refractivity contribution in [2.24, 2.45) is 11.7 Å². The summed E-state index contributed by atoms with van der Waals surface area (Å²) in [7, 11) is 1.41. The number of methoxy groups -OCH3 is 1. The Morgan fingerprint density at radius 3 is 2.61 bits per heavy atom. The number of aliphatic hydroxyl groups excluding tert-OH is 1. The molecule has 0 saturated heterocycles. The number of benzene rings is 1. The molecule has 1 aromatic carbocycles. The molecule has 1 aliphatic carbocycles. The molecule has 0 radical (unpaired) electrons. The molecule has 5 heteroatoms. The number of rotatable bonds is 4. The molecular weight excluding hydrogens is 257 g/mol. The first-order chi connectivity index (χ1) is 8.15. The molecule has 1 saturated carbocycles. The van der Waals surface area contributed by atoms with Gasteiger partial charge >= 0.3 is 0 Å². The third-order valence-electron chi connectivity index (χ3n) is 3.57. The van der Waals surface area contributed by atoms with Gasteiger partial charge in [0.2, 0.25) is 0 Å². The molecule has 0 bridgehead atoms. The lowest BCUT2D eigenvalue weighted by Crippen LogP contribution is -2.36. The second-order valence-electron chi connectivity index (χ2n) is 4.57. The average molecular weight is 276 g/mol. The maximum atomic E-state index is 14.0. The minimum absolute atomic E-state index is 0. The van der Waals surface area contributed by atoms with Gasteiger partial charge in [-0.25, -0.2) is 4.39 Å². The molecule has 0 spiro atoms. The van der Waals surface area contributed by atoms with E-state index in [0.717, 1.165) is 19.3 Å². The minimum Gasteiger partial charge on any atom is -0.494 e. The highest BCUT2D eigenvalue weighted by Crippen LogP contribution is 2.35. The van der Waals surface area contributed by atoms with Crippen molar-refractivity contribution in [2.45, 2.75) is 31.4 Å². The zero-order chi connectivity index (χ0) is 12.4. The highest BCUT2D eigenvalue weighted by Gasteiger charge is 2.32. The number of nitrogens with two attached hydrogens (primary N) is 1. The predicted octanol–water partition coefficient (Wildman–Crippen LogP) is 2.42. The van der Waals surface area contributed by atoms with Gasteiger partial charge in [0.25, 0.3) is 0 Å². The summed E-state index contributed by atoms with van der Waals surface area (Å²) in [5, 5.41) is 10.0. The Hall–Kier alpha value is -0.840. The van der Waals surface area contributed by atoms with E-state index < -0.39 is 18.0 Å². The van der Waals surface area contributed by atoms with E-state index in [0.29, 0.717) is 5.56 Å². The SMILES string of the molecule is COc1cccc([C@H](N)[C@H](O)C2CCC2)c1F.Cl. The maximum absolute atomic E-state index is 14.0. The van der Waals surface area contributed by atoms with Crippen LogP contribution in [-0.2, 0) is 0 Å². The first kappa shape index (κ1) is 15.2. The Kier molecular flexibility index (Phi) is 5.38. The lowest BCUT2D eigenvalue weighted by molar-refractivity contribution is 0.0404. The van der Waals surface area contributed by atoms with Crippen molar-refractivity contribution < 1.29 is 14.2 Å². The molecule has 0 heterocycles. The molecule has 2 atom stereocenters. The van der Waals surface area contributed by atoms with Gasteiger partial charge in [-0.15, -0.1) is 12.4 Å². The molecule has 3 nitrogen and oxygen atoms in total. The fourth-order valence-electron chi connectivity index (χ4n) is 2.20. The minimum atomic E-state index is -0.685. The molecule has 2 rings (SSSR count). The van der Waals surface area contributed by atoms with Crippen molar-refractivity contribution in [1.29, 1.82) is 0 Å². The summed E-state index contributed by atoms with van der Waals surface area (Å²) < 4.78 is 18.9. The lowest BCUT2D eigenvalue weighted by atomic mass is 9.77. The topological polar surface area (TPSA) is 55.5 Å². The van der Waals surface area contributed by atoms with E-state index in [-0.39, 0.29) is 24.1 Å². The van der Waals surface area contributed by atoms with Crippen molar-refractivity contribution in [3.05, 3.63) is 29.6 Å². The third kappa shape index (κ3) is 2.76. The number of ether oxygens (including phenoxy) is 1. The van der Waals surface area contributed by atoms with Crippen LogP contribution in [0.15, 0.2) is 18.2 Å². The van der Waals surface area contributed by atoms with Gasteiger partial charge in [0, 0.05) is 5.56 Å². The van der Waals surface area contributed by atoms with Crippen LogP contribution in [-0.4, -0.2) is 18.3 Å². The largest absolute Gasteiger partial charge is 0.494 e. The number of hydrogen-bond donors (Lipinski definition) is 2. The zero-order valence-corrected chi connectivity index (χ0v) is 11.1. The maximum Gasteiger partial charge on any atom is 0.169 e. The van der Waals surface area contributed by atoms with Gasteiger partial charge in [-0.05, 0) is 24.8 Å². The molecule has 1 aromatic rings. The summed E-state index contributed by atoms with van der Waals surface area (Å²) in [6, 6.07) is 4.14. The normalized spacial score (nSPS) is 18.4. The van der Waals surface area contributed by atoms with Gasteiger partial charge < -0.3 is 15.6 Å². The second kappa shape index (κ2) is 6.36. The highest BCUT2D eigenvalue weighted by atomic mass is 35.5. The van der Waals surface area contributed by atoms with Crippen LogP contribution in [0.3, 0.4) is 0 Å². The summed E-state index contributed by atoms with van der Waals surface area (Å²) in [6.45, 7) is 0. The van der Waals surface area contributed by atoms with Gasteiger partial charge in [0.15, 0.2) is 11.6 Å². The van der Waals surface area contributed by atoms with E-state index in [1.165, 1.54) is 7.11 Å². The first-order valence-electron chi connectivity index (χ1n) is 5.91. The summed E-state index contributed by atoms with van der Waals surface area (Å²) in [4.78, 5) is 0. The van der Waals surface area contributed by atoms with Gasteiger partial charge in [-0.2, -0.15) is 0 Å². The lowest BCUT2D eigenvalue weighted by Gasteiger charge is -2.34. The zero-order valence-electron chi connectivity index (χ0n) is 10.3. The molecule has 3 N–H and O–H groups in total. The van der Waals surface area contributed by atoms with Crippen LogP contribution in [0.4, 0.5) is 4.39 Å². The molecule has 0 unspecified atom stereocenters. The monoisotopic (exact) mass is 275 g/mol. The van der Waals surface area contributed by atoms with Crippen LogP contribution in [0, 0.1) is 11.7 Å². The van der Waals surface area contributed by atoms with E-state index in [1.807, 2.05) is 0 Å². The Morgan fingerprint density at radius 2 is 2.11 bits per heavy atom. The summed E-state index contributed by atoms with van der Waals surface area (Å²) in [5.41, 5.74) is 6.25. The highest BCUT2D eigenvalue weighted by molar-refractivity contribution is 5.85. The Labute approximate surface area is 113 Å². The predicted molar refractivity (Wildman–Crippen MR) is 70.5 cm³/mol. The summed E-state index contributed by atoms with van der Waals surface area (Å²) >= 11 is 0. The van der Waals surface area contributed by atoms with Crippen LogP contribution >= 0.6 is 12.4 Å². The molecule has 1 aliphatic rings. The standard InChI is InChI=1S/C13H18FNO2.ClH/c1-17-10-7-3-6-9(11(10)14)12(15)13(16)8-4-2-5-8;/h3,6-8,12-13,16H,2,4-5,15H2,1H3;1H/t12-,13+;/m0./s1. The van der Waals surface area contributed by atoms with Crippen LogP contribution in [0.2, 0.25) is 0 Å². The number of hydrogen-bond acceptors (Lipinski definition) is 3. The fraction of sp³-hybridized carbons (Fsp3) is 0.538.